The van der Waals surface area contributed by atoms with Gasteiger partial charge in [0, 0.05) is 38.4 Å². The fourth-order valence-corrected chi connectivity index (χ4v) is 3.21. The van der Waals surface area contributed by atoms with Gasteiger partial charge in [0.05, 0.1) is 7.11 Å². The molecule has 1 aliphatic heterocycles. The van der Waals surface area contributed by atoms with Crippen LogP contribution in [0.5, 0.6) is 5.75 Å². The molecule has 0 spiro atoms. The Hall–Kier alpha value is -2.18. The summed E-state index contributed by atoms with van der Waals surface area (Å²) in [6.07, 6.45) is 0. The van der Waals surface area contributed by atoms with Crippen LogP contribution in [0.1, 0.15) is 5.56 Å². The van der Waals surface area contributed by atoms with Crippen LogP contribution in [0.2, 0.25) is 0 Å². The highest BCUT2D eigenvalue weighted by Gasteiger charge is 2.19. The first-order valence-corrected chi connectivity index (χ1v) is 8.71. The number of hydrogen-bond acceptors (Lipinski definition) is 3. The number of nitrogens with one attached hydrogen (secondary N) is 1. The molecule has 1 heterocycles. The van der Waals surface area contributed by atoms with Gasteiger partial charge in [0.25, 0.3) is 0 Å². The third kappa shape index (κ3) is 4.90. The molecule has 6 heteroatoms. The summed E-state index contributed by atoms with van der Waals surface area (Å²) in [6, 6.07) is 14.5. The summed E-state index contributed by atoms with van der Waals surface area (Å²) in [6.45, 7) is 4.47. The van der Waals surface area contributed by atoms with E-state index in [1.807, 2.05) is 18.2 Å². The lowest BCUT2D eigenvalue weighted by atomic mass is 10.2. The highest BCUT2D eigenvalue weighted by atomic mass is 32.1. The summed E-state index contributed by atoms with van der Waals surface area (Å²) in [7, 11) is 1.68. The Kier molecular flexibility index (Phi) is 5.83. The topological polar surface area (TPSA) is 27.7 Å². The molecule has 0 radical (unpaired) electrons. The van der Waals surface area contributed by atoms with Crippen LogP contribution in [0.3, 0.4) is 0 Å². The highest BCUT2D eigenvalue weighted by Crippen LogP contribution is 2.16. The fraction of sp³-hybridized carbons (Fsp3) is 0.316. The van der Waals surface area contributed by atoms with Gasteiger partial charge in [-0.05, 0) is 48.1 Å². The SMILES string of the molecule is COc1cccc(CN2CCN(C(=S)Nc3cccc(F)c3)CC2)c1. The molecular weight excluding hydrogens is 337 g/mol. The number of hydrogen-bond donors (Lipinski definition) is 1. The largest absolute Gasteiger partial charge is 0.497 e. The minimum absolute atomic E-state index is 0.268. The van der Waals surface area contributed by atoms with E-state index in [1.165, 1.54) is 17.7 Å². The summed E-state index contributed by atoms with van der Waals surface area (Å²) < 4.78 is 18.5. The molecule has 1 fully saturated rings. The van der Waals surface area contributed by atoms with Crippen molar-refractivity contribution >= 4 is 23.0 Å². The zero-order valence-corrected chi connectivity index (χ0v) is 15.1. The average Bonchev–Trinajstić information content (AvgIpc) is 2.62. The Bertz CT molecular complexity index is 732. The van der Waals surface area contributed by atoms with E-state index in [-0.39, 0.29) is 5.82 Å². The molecule has 4 nitrogen and oxygen atoms in total. The van der Waals surface area contributed by atoms with Gasteiger partial charge in [-0.25, -0.2) is 4.39 Å². The minimum atomic E-state index is -0.268. The number of methoxy groups -OCH3 is 1. The fourth-order valence-electron chi connectivity index (χ4n) is 2.91. The van der Waals surface area contributed by atoms with Crippen LogP contribution in [-0.2, 0) is 6.54 Å². The second-order valence-electron chi connectivity index (χ2n) is 6.06. The number of benzene rings is 2. The number of nitrogens with zero attached hydrogens (tertiary/aromatic N) is 2. The van der Waals surface area contributed by atoms with Crippen LogP contribution in [0.15, 0.2) is 48.5 Å². The monoisotopic (exact) mass is 359 g/mol. The van der Waals surface area contributed by atoms with Gasteiger partial charge in [-0.3, -0.25) is 4.90 Å². The molecule has 0 aliphatic carbocycles. The van der Waals surface area contributed by atoms with E-state index in [0.29, 0.717) is 10.8 Å². The molecule has 0 saturated carbocycles. The smallest absolute Gasteiger partial charge is 0.173 e. The van der Waals surface area contributed by atoms with Crippen molar-refractivity contribution in [3.05, 3.63) is 59.9 Å². The van der Waals surface area contributed by atoms with Crippen LogP contribution < -0.4 is 10.1 Å². The average molecular weight is 359 g/mol. The van der Waals surface area contributed by atoms with Gasteiger partial charge < -0.3 is 15.0 Å². The number of ether oxygens (including phenoxy) is 1. The van der Waals surface area contributed by atoms with Gasteiger partial charge in [0.1, 0.15) is 11.6 Å². The lowest BCUT2D eigenvalue weighted by Crippen LogP contribution is -2.49. The molecule has 1 saturated heterocycles. The molecule has 0 aromatic heterocycles. The molecule has 2 aromatic rings. The van der Waals surface area contributed by atoms with Crippen molar-refractivity contribution in [1.29, 1.82) is 0 Å². The maximum atomic E-state index is 13.3. The van der Waals surface area contributed by atoms with Gasteiger partial charge in [-0.15, -0.1) is 0 Å². The van der Waals surface area contributed by atoms with E-state index in [2.05, 4.69) is 27.2 Å². The normalized spacial score (nSPS) is 15.0. The summed E-state index contributed by atoms with van der Waals surface area (Å²) in [5.74, 6) is 0.618. The molecule has 1 N–H and O–H groups in total. The van der Waals surface area contributed by atoms with E-state index in [1.54, 1.807) is 13.2 Å². The van der Waals surface area contributed by atoms with Crippen LogP contribution in [0, 0.1) is 5.82 Å². The third-order valence-corrected chi connectivity index (χ3v) is 4.64. The molecular formula is C19H22FN3OS. The van der Waals surface area contributed by atoms with Crippen LogP contribution in [0.25, 0.3) is 0 Å². The molecule has 0 unspecified atom stereocenters. The Morgan fingerprint density at radius 1 is 1.12 bits per heavy atom. The van der Waals surface area contributed by atoms with E-state index in [0.717, 1.165) is 38.5 Å². The van der Waals surface area contributed by atoms with Gasteiger partial charge in [0.2, 0.25) is 0 Å². The van der Waals surface area contributed by atoms with Gasteiger partial charge >= 0.3 is 0 Å². The first kappa shape index (κ1) is 17.6. The second-order valence-corrected chi connectivity index (χ2v) is 6.44. The first-order chi connectivity index (χ1) is 12.1. The van der Waals surface area contributed by atoms with Crippen molar-refractivity contribution in [2.45, 2.75) is 6.54 Å². The number of halogens is 1. The molecule has 132 valence electrons. The zero-order chi connectivity index (χ0) is 17.6. The van der Waals surface area contributed by atoms with Gasteiger partial charge in [0.15, 0.2) is 5.11 Å². The lowest BCUT2D eigenvalue weighted by molar-refractivity contribution is 0.177. The van der Waals surface area contributed by atoms with Crippen molar-refractivity contribution in [2.75, 3.05) is 38.6 Å². The molecule has 0 bridgehead atoms. The molecule has 3 rings (SSSR count). The van der Waals surface area contributed by atoms with E-state index in [4.69, 9.17) is 17.0 Å². The van der Waals surface area contributed by atoms with Crippen molar-refractivity contribution in [2.24, 2.45) is 0 Å². The maximum absolute atomic E-state index is 13.3. The summed E-state index contributed by atoms with van der Waals surface area (Å²) >= 11 is 5.46. The molecule has 0 amide bonds. The van der Waals surface area contributed by atoms with Gasteiger partial charge in [-0.1, -0.05) is 18.2 Å². The molecule has 0 atom stereocenters. The van der Waals surface area contributed by atoms with Crippen LogP contribution in [0.4, 0.5) is 10.1 Å². The Balaban J connectivity index is 1.50. The number of rotatable bonds is 4. The minimum Gasteiger partial charge on any atom is -0.497 e. The summed E-state index contributed by atoms with van der Waals surface area (Å²) in [4.78, 5) is 4.53. The van der Waals surface area contributed by atoms with Crippen molar-refractivity contribution in [3.63, 3.8) is 0 Å². The molecule has 1 aliphatic rings. The van der Waals surface area contributed by atoms with E-state index >= 15 is 0 Å². The van der Waals surface area contributed by atoms with Crippen molar-refractivity contribution in [1.82, 2.24) is 9.80 Å². The second kappa shape index (κ2) is 8.27. The lowest BCUT2D eigenvalue weighted by Gasteiger charge is -2.36. The van der Waals surface area contributed by atoms with E-state index < -0.39 is 0 Å². The third-order valence-electron chi connectivity index (χ3n) is 4.28. The zero-order valence-electron chi connectivity index (χ0n) is 14.2. The Morgan fingerprint density at radius 3 is 2.60 bits per heavy atom. The Morgan fingerprint density at radius 2 is 1.88 bits per heavy atom. The summed E-state index contributed by atoms with van der Waals surface area (Å²) in [5, 5.41) is 3.76. The summed E-state index contributed by atoms with van der Waals surface area (Å²) in [5.41, 5.74) is 1.93. The number of anilines is 1. The Labute approximate surface area is 153 Å². The predicted molar refractivity (Wildman–Crippen MR) is 102 cm³/mol. The number of thiocarbonyl (C=S) groups is 1. The quantitative estimate of drug-likeness (QED) is 0.845. The highest BCUT2D eigenvalue weighted by molar-refractivity contribution is 7.80. The first-order valence-electron chi connectivity index (χ1n) is 8.31. The van der Waals surface area contributed by atoms with E-state index in [9.17, 15) is 4.39 Å². The van der Waals surface area contributed by atoms with Crippen molar-refractivity contribution in [3.8, 4) is 5.75 Å². The van der Waals surface area contributed by atoms with Gasteiger partial charge in [-0.2, -0.15) is 0 Å². The van der Waals surface area contributed by atoms with Crippen molar-refractivity contribution < 1.29 is 9.13 Å². The van der Waals surface area contributed by atoms with Crippen LogP contribution >= 0.6 is 12.2 Å². The molecule has 25 heavy (non-hydrogen) atoms. The van der Waals surface area contributed by atoms with Crippen LogP contribution in [-0.4, -0.2) is 48.2 Å². The molecule has 2 aromatic carbocycles. The predicted octanol–water partition coefficient (Wildman–Crippen LogP) is 3.35. The number of piperazine rings is 1. The standard InChI is InChI=1S/C19H22FN3OS/c1-24-18-7-2-4-15(12-18)14-22-8-10-23(11-9-22)19(25)21-17-6-3-5-16(20)13-17/h2-7,12-13H,8-11,14H2,1H3,(H,21,25). The maximum Gasteiger partial charge on any atom is 0.173 e.